The van der Waals surface area contributed by atoms with Gasteiger partial charge in [-0.2, -0.15) is 0 Å². The Morgan fingerprint density at radius 3 is 2.50 bits per heavy atom. The van der Waals surface area contributed by atoms with Crippen LogP contribution in [0.3, 0.4) is 0 Å². The van der Waals surface area contributed by atoms with Crippen molar-refractivity contribution in [2.75, 3.05) is 5.73 Å². The molecule has 2 aromatic rings. The van der Waals surface area contributed by atoms with E-state index in [1.54, 1.807) is 12.1 Å². The number of halogens is 1. The average Bonchev–Trinajstić information content (AvgIpc) is 2.71. The van der Waals surface area contributed by atoms with Gasteiger partial charge in [0, 0.05) is 33.4 Å². The van der Waals surface area contributed by atoms with Gasteiger partial charge in [-0.3, -0.25) is 10.1 Å². The van der Waals surface area contributed by atoms with Crippen molar-refractivity contribution in [3.63, 3.8) is 0 Å². The number of nitrogen functional groups attached to an aromatic ring is 1. The molecule has 0 bridgehead atoms. The molecule has 0 spiro atoms. The van der Waals surface area contributed by atoms with E-state index in [2.05, 4.69) is 21.1 Å². The Kier molecular flexibility index (Phi) is 2.72. The quantitative estimate of drug-likeness (QED) is 0.309. The van der Waals surface area contributed by atoms with Crippen molar-refractivity contribution in [2.45, 2.75) is 0 Å². The summed E-state index contributed by atoms with van der Waals surface area (Å²) in [5, 5.41) is 23.3. The van der Waals surface area contributed by atoms with Gasteiger partial charge in [-0.1, -0.05) is 5.16 Å². The maximum absolute atomic E-state index is 10.9. The molecular weight excluding hydrogens is 326 g/mol. The molecule has 7 heteroatoms. The van der Waals surface area contributed by atoms with E-state index in [1.807, 2.05) is 6.07 Å². The summed E-state index contributed by atoms with van der Waals surface area (Å²) >= 11 is 3.34. The minimum absolute atomic E-state index is 0.0512. The van der Waals surface area contributed by atoms with E-state index in [-0.39, 0.29) is 11.4 Å². The van der Waals surface area contributed by atoms with Crippen LogP contribution in [0.1, 0.15) is 11.1 Å². The predicted molar refractivity (Wildman–Crippen MR) is 78.1 cm³/mol. The van der Waals surface area contributed by atoms with Crippen LogP contribution in [0.4, 0.5) is 11.4 Å². The van der Waals surface area contributed by atoms with E-state index >= 15 is 0 Å². The molecule has 0 saturated carbocycles. The second-order valence-electron chi connectivity index (χ2n) is 4.35. The molecule has 0 saturated heterocycles. The lowest BCUT2D eigenvalue weighted by molar-refractivity contribution is -0.384. The number of hydrogen-bond donors (Lipinski definition) is 2. The Morgan fingerprint density at radius 1 is 1.15 bits per heavy atom. The molecule has 3 rings (SSSR count). The highest BCUT2D eigenvalue weighted by atomic mass is 79.9. The first-order valence-electron chi connectivity index (χ1n) is 5.63. The average molecular weight is 334 g/mol. The van der Waals surface area contributed by atoms with Crippen molar-refractivity contribution in [3.8, 4) is 11.1 Å². The largest absolute Gasteiger partial charge is 0.410 e. The Hall–Kier alpha value is -2.41. The van der Waals surface area contributed by atoms with Crippen molar-refractivity contribution in [1.29, 1.82) is 0 Å². The fourth-order valence-corrected chi connectivity index (χ4v) is 2.68. The lowest BCUT2D eigenvalue weighted by Crippen LogP contribution is -2.00. The van der Waals surface area contributed by atoms with Crippen LogP contribution in [0.25, 0.3) is 11.1 Å². The number of nitrogens with zero attached hydrogens (tertiary/aromatic N) is 2. The van der Waals surface area contributed by atoms with E-state index in [1.165, 1.54) is 12.1 Å². The van der Waals surface area contributed by atoms with Crippen LogP contribution < -0.4 is 5.73 Å². The van der Waals surface area contributed by atoms with E-state index < -0.39 is 4.92 Å². The Morgan fingerprint density at radius 2 is 1.85 bits per heavy atom. The zero-order valence-electron chi connectivity index (χ0n) is 10.0. The smallest absolute Gasteiger partial charge is 0.270 e. The van der Waals surface area contributed by atoms with Gasteiger partial charge in [0.1, 0.15) is 5.71 Å². The summed E-state index contributed by atoms with van der Waals surface area (Å²) in [6.45, 7) is 0. The fraction of sp³-hybridized carbons (Fsp3) is 0. The van der Waals surface area contributed by atoms with E-state index in [0.29, 0.717) is 16.8 Å². The van der Waals surface area contributed by atoms with Crippen LogP contribution in [0.15, 0.2) is 40.0 Å². The Labute approximate surface area is 121 Å². The number of fused-ring (bicyclic) bond motifs is 3. The van der Waals surface area contributed by atoms with Crippen LogP contribution in [0, 0.1) is 10.1 Å². The Balaban J connectivity index is 2.32. The van der Waals surface area contributed by atoms with Crippen molar-refractivity contribution in [2.24, 2.45) is 5.16 Å². The van der Waals surface area contributed by atoms with Crippen LogP contribution in [0.2, 0.25) is 0 Å². The van der Waals surface area contributed by atoms with Crippen molar-refractivity contribution in [3.05, 3.63) is 56.0 Å². The van der Waals surface area contributed by atoms with Crippen LogP contribution in [-0.2, 0) is 0 Å². The molecule has 2 aromatic carbocycles. The molecule has 0 atom stereocenters. The van der Waals surface area contributed by atoms with Crippen LogP contribution in [0.5, 0.6) is 0 Å². The third kappa shape index (κ3) is 1.67. The summed E-state index contributed by atoms with van der Waals surface area (Å²) in [5.41, 5.74) is 9.35. The molecule has 0 heterocycles. The van der Waals surface area contributed by atoms with Crippen molar-refractivity contribution < 1.29 is 10.1 Å². The minimum Gasteiger partial charge on any atom is -0.410 e. The molecule has 20 heavy (non-hydrogen) atoms. The SMILES string of the molecule is Nc1cc2c(cc1Br)-c1ccc([N+](=O)[O-])cc1/C2=N\O. The van der Waals surface area contributed by atoms with E-state index in [9.17, 15) is 15.3 Å². The number of non-ortho nitro benzene ring substituents is 1. The first-order valence-corrected chi connectivity index (χ1v) is 6.43. The first kappa shape index (κ1) is 12.6. The van der Waals surface area contributed by atoms with Gasteiger partial charge in [-0.25, -0.2) is 0 Å². The second-order valence-corrected chi connectivity index (χ2v) is 5.21. The number of nitro groups is 1. The number of hydrogen-bond acceptors (Lipinski definition) is 5. The van der Waals surface area contributed by atoms with E-state index in [0.717, 1.165) is 15.6 Å². The molecule has 0 aliphatic heterocycles. The van der Waals surface area contributed by atoms with Gasteiger partial charge in [-0.05, 0) is 45.3 Å². The van der Waals surface area contributed by atoms with Gasteiger partial charge < -0.3 is 10.9 Å². The molecule has 3 N–H and O–H groups in total. The molecular formula is C13H8BrN3O3. The maximum Gasteiger partial charge on any atom is 0.270 e. The lowest BCUT2D eigenvalue weighted by atomic mass is 10.1. The van der Waals surface area contributed by atoms with Gasteiger partial charge in [0.25, 0.3) is 5.69 Å². The third-order valence-electron chi connectivity index (χ3n) is 3.25. The summed E-state index contributed by atoms with van der Waals surface area (Å²) in [6, 6.07) is 7.96. The van der Waals surface area contributed by atoms with Gasteiger partial charge in [0.15, 0.2) is 0 Å². The number of oxime groups is 1. The molecule has 1 aliphatic rings. The van der Waals surface area contributed by atoms with Gasteiger partial charge in [-0.15, -0.1) is 0 Å². The number of nitrogens with two attached hydrogens (primary N) is 1. The van der Waals surface area contributed by atoms with Crippen LogP contribution >= 0.6 is 15.9 Å². The summed E-state index contributed by atoms with van der Waals surface area (Å²) in [7, 11) is 0. The molecule has 0 amide bonds. The zero-order chi connectivity index (χ0) is 14.4. The second kappa shape index (κ2) is 4.31. The minimum atomic E-state index is -0.484. The highest BCUT2D eigenvalue weighted by Crippen LogP contribution is 2.41. The number of rotatable bonds is 1. The van der Waals surface area contributed by atoms with Gasteiger partial charge in [0.2, 0.25) is 0 Å². The molecule has 0 radical (unpaired) electrons. The molecule has 0 fully saturated rings. The van der Waals surface area contributed by atoms with Gasteiger partial charge >= 0.3 is 0 Å². The highest BCUT2D eigenvalue weighted by molar-refractivity contribution is 9.10. The maximum atomic E-state index is 10.9. The third-order valence-corrected chi connectivity index (χ3v) is 3.94. The molecule has 1 aliphatic carbocycles. The number of benzene rings is 2. The molecule has 100 valence electrons. The first-order chi connectivity index (χ1) is 9.52. The van der Waals surface area contributed by atoms with Crippen molar-refractivity contribution in [1.82, 2.24) is 0 Å². The highest BCUT2D eigenvalue weighted by Gasteiger charge is 2.28. The molecule has 0 unspecified atom stereocenters. The summed E-state index contributed by atoms with van der Waals surface area (Å²) < 4.78 is 0.722. The summed E-state index contributed by atoms with van der Waals surface area (Å²) in [4.78, 5) is 10.4. The Bertz CT molecular complexity index is 787. The molecule has 0 aromatic heterocycles. The monoisotopic (exact) mass is 333 g/mol. The number of nitro benzene ring substituents is 1. The van der Waals surface area contributed by atoms with E-state index in [4.69, 9.17) is 5.73 Å². The standard InChI is InChI=1S/C13H8BrN3O3/c14-11-4-8-7-2-1-6(17(19)20)3-9(7)13(16-18)10(8)5-12(11)15/h1-5,18H,15H2/b16-13+. The summed E-state index contributed by atoms with van der Waals surface area (Å²) in [5.74, 6) is 0. The molecule has 6 nitrogen and oxygen atoms in total. The van der Waals surface area contributed by atoms with Crippen molar-refractivity contribution >= 4 is 33.0 Å². The normalized spacial score (nSPS) is 14.2. The van der Waals surface area contributed by atoms with Gasteiger partial charge in [0.05, 0.1) is 4.92 Å². The fourth-order valence-electron chi connectivity index (χ4n) is 2.34. The lowest BCUT2D eigenvalue weighted by Gasteiger charge is -2.04. The predicted octanol–water partition coefficient (Wildman–Crippen LogP) is 3.15. The number of anilines is 1. The zero-order valence-corrected chi connectivity index (χ0v) is 11.6. The van der Waals surface area contributed by atoms with Crippen LogP contribution in [-0.4, -0.2) is 15.8 Å². The topological polar surface area (TPSA) is 102 Å². The summed E-state index contributed by atoms with van der Waals surface area (Å²) in [6.07, 6.45) is 0.